The number of hydrogen-bond acceptors (Lipinski definition) is 4. The first-order valence-corrected chi connectivity index (χ1v) is 6.80. The van der Waals surface area contributed by atoms with Gasteiger partial charge in [0.05, 0.1) is 9.13 Å². The van der Waals surface area contributed by atoms with Crippen LogP contribution in [0.15, 0.2) is 47.0 Å². The Morgan fingerprint density at radius 2 is 1.95 bits per heavy atom. The molecule has 0 bridgehead atoms. The molecule has 6 heteroatoms. The predicted octanol–water partition coefficient (Wildman–Crippen LogP) is 3.85. The monoisotopic (exact) mass is 382 g/mol. The fraction of sp³-hybridized carbons (Fsp3) is 0. The Labute approximate surface area is 127 Å². The van der Waals surface area contributed by atoms with Crippen LogP contribution in [-0.2, 0) is 0 Å². The summed E-state index contributed by atoms with van der Waals surface area (Å²) in [4.78, 5) is 4.15. The lowest BCUT2D eigenvalue weighted by Gasteiger charge is -1.98. The van der Waals surface area contributed by atoms with Gasteiger partial charge in [0.2, 0.25) is 5.82 Å². The maximum absolute atomic E-state index is 13.6. The van der Waals surface area contributed by atoms with Gasteiger partial charge in [-0.15, -0.1) is 0 Å². The molecule has 0 aliphatic carbocycles. The van der Waals surface area contributed by atoms with Gasteiger partial charge in [0.25, 0.3) is 5.89 Å². The highest BCUT2D eigenvalue weighted by Crippen LogP contribution is 2.28. The molecule has 0 spiro atoms. The lowest BCUT2D eigenvalue weighted by molar-refractivity contribution is 0.431. The van der Waals surface area contributed by atoms with Crippen LogP contribution in [0.2, 0.25) is 0 Å². The van der Waals surface area contributed by atoms with E-state index >= 15 is 0 Å². The molecule has 3 rings (SSSR count). The summed E-state index contributed by atoms with van der Waals surface area (Å²) in [5.74, 6) is 0.130. The van der Waals surface area contributed by atoms with Gasteiger partial charge in [0.1, 0.15) is 11.6 Å². The molecule has 0 unspecified atom stereocenters. The molecule has 1 N–H and O–H groups in total. The quantitative estimate of drug-likeness (QED) is 0.684. The van der Waals surface area contributed by atoms with Crippen LogP contribution in [0.1, 0.15) is 0 Å². The first kappa shape index (κ1) is 13.0. The number of aromatic nitrogens is 2. The Morgan fingerprint density at radius 3 is 2.70 bits per heavy atom. The van der Waals surface area contributed by atoms with Crippen molar-refractivity contribution in [1.29, 1.82) is 0 Å². The van der Waals surface area contributed by atoms with Gasteiger partial charge < -0.3 is 9.63 Å². The van der Waals surface area contributed by atoms with Crippen molar-refractivity contribution in [3.8, 4) is 28.6 Å². The molecule has 20 heavy (non-hydrogen) atoms. The highest BCUT2D eigenvalue weighted by molar-refractivity contribution is 14.1. The SMILES string of the molecule is Oc1cc(-c2nc(-c3ccccc3F)no2)ccc1I. The van der Waals surface area contributed by atoms with Crippen LogP contribution in [0.3, 0.4) is 0 Å². The lowest BCUT2D eigenvalue weighted by atomic mass is 10.2. The Morgan fingerprint density at radius 1 is 1.15 bits per heavy atom. The minimum Gasteiger partial charge on any atom is -0.507 e. The highest BCUT2D eigenvalue weighted by Gasteiger charge is 2.14. The zero-order valence-corrected chi connectivity index (χ0v) is 12.2. The van der Waals surface area contributed by atoms with E-state index in [2.05, 4.69) is 10.1 Å². The van der Waals surface area contributed by atoms with E-state index < -0.39 is 5.82 Å². The normalized spacial score (nSPS) is 10.7. The van der Waals surface area contributed by atoms with Gasteiger partial charge in [0, 0.05) is 5.56 Å². The molecule has 0 radical (unpaired) electrons. The summed E-state index contributed by atoms with van der Waals surface area (Å²) >= 11 is 2.01. The Hall–Kier alpha value is -1.96. The average Bonchev–Trinajstić information content (AvgIpc) is 2.92. The summed E-state index contributed by atoms with van der Waals surface area (Å²) < 4.78 is 19.5. The van der Waals surface area contributed by atoms with Crippen LogP contribution in [-0.4, -0.2) is 15.2 Å². The number of phenolic OH excluding ortho intramolecular Hbond substituents is 1. The number of rotatable bonds is 2. The second kappa shape index (κ2) is 5.20. The second-order valence-electron chi connectivity index (χ2n) is 4.07. The largest absolute Gasteiger partial charge is 0.507 e. The maximum atomic E-state index is 13.6. The number of benzene rings is 2. The minimum absolute atomic E-state index is 0.133. The smallest absolute Gasteiger partial charge is 0.258 e. The van der Waals surface area contributed by atoms with E-state index in [1.54, 1.807) is 30.3 Å². The van der Waals surface area contributed by atoms with E-state index in [4.69, 9.17) is 4.52 Å². The molecule has 0 saturated carbocycles. The van der Waals surface area contributed by atoms with E-state index in [9.17, 15) is 9.50 Å². The molecule has 100 valence electrons. The summed E-state index contributed by atoms with van der Waals surface area (Å²) in [6, 6.07) is 11.2. The molecule has 2 aromatic carbocycles. The Bertz CT molecular complexity index is 773. The van der Waals surface area contributed by atoms with Crippen LogP contribution in [0.4, 0.5) is 4.39 Å². The number of phenols is 1. The van der Waals surface area contributed by atoms with Crippen LogP contribution in [0.25, 0.3) is 22.8 Å². The zero-order valence-electron chi connectivity index (χ0n) is 10.0. The summed E-state index contributed by atoms with van der Waals surface area (Å²) in [5.41, 5.74) is 0.857. The molecule has 4 nitrogen and oxygen atoms in total. The molecule has 0 saturated heterocycles. The van der Waals surface area contributed by atoms with Gasteiger partial charge in [-0.3, -0.25) is 0 Å². The summed E-state index contributed by atoms with van der Waals surface area (Å²) in [6.45, 7) is 0. The van der Waals surface area contributed by atoms with Gasteiger partial charge in [-0.25, -0.2) is 4.39 Å². The van der Waals surface area contributed by atoms with Crippen molar-refractivity contribution in [2.45, 2.75) is 0 Å². The second-order valence-corrected chi connectivity index (χ2v) is 5.23. The average molecular weight is 382 g/mol. The third kappa shape index (κ3) is 2.38. The molecule has 1 heterocycles. The van der Waals surface area contributed by atoms with Crippen molar-refractivity contribution in [2.75, 3.05) is 0 Å². The predicted molar refractivity (Wildman–Crippen MR) is 79.5 cm³/mol. The molecule has 1 aromatic heterocycles. The van der Waals surface area contributed by atoms with Gasteiger partial charge >= 0.3 is 0 Å². The molecule has 0 amide bonds. The zero-order chi connectivity index (χ0) is 14.1. The van der Waals surface area contributed by atoms with Crippen molar-refractivity contribution >= 4 is 22.6 Å². The number of halogens is 2. The van der Waals surface area contributed by atoms with Gasteiger partial charge in [-0.05, 0) is 52.9 Å². The van der Waals surface area contributed by atoms with Crippen LogP contribution in [0, 0.1) is 9.39 Å². The van der Waals surface area contributed by atoms with Gasteiger partial charge in [-0.1, -0.05) is 17.3 Å². The lowest BCUT2D eigenvalue weighted by Crippen LogP contribution is -1.86. The van der Waals surface area contributed by atoms with Crippen molar-refractivity contribution < 1.29 is 14.0 Å². The number of nitrogens with zero attached hydrogens (tertiary/aromatic N) is 2. The number of aromatic hydroxyl groups is 1. The third-order valence-electron chi connectivity index (χ3n) is 2.73. The fourth-order valence-electron chi connectivity index (χ4n) is 1.74. The van der Waals surface area contributed by atoms with E-state index in [0.29, 0.717) is 5.56 Å². The van der Waals surface area contributed by atoms with E-state index in [1.807, 2.05) is 22.6 Å². The molecular formula is C14H8FIN2O2. The highest BCUT2D eigenvalue weighted by atomic mass is 127. The van der Waals surface area contributed by atoms with Gasteiger partial charge in [-0.2, -0.15) is 4.98 Å². The fourth-order valence-corrected chi connectivity index (χ4v) is 2.07. The van der Waals surface area contributed by atoms with Gasteiger partial charge in [0.15, 0.2) is 0 Å². The standard InChI is InChI=1S/C14H8FIN2O2/c15-10-4-2-1-3-9(10)13-17-14(20-18-13)8-5-6-11(16)12(19)7-8/h1-7,19H. The molecule has 0 fully saturated rings. The number of hydrogen-bond donors (Lipinski definition) is 1. The van der Waals surface area contributed by atoms with Crippen LogP contribution >= 0.6 is 22.6 Å². The molecule has 0 atom stereocenters. The van der Waals surface area contributed by atoms with Crippen molar-refractivity contribution in [1.82, 2.24) is 10.1 Å². The van der Waals surface area contributed by atoms with E-state index in [0.717, 1.165) is 3.57 Å². The summed E-state index contributed by atoms with van der Waals surface area (Å²) in [6.07, 6.45) is 0. The molecule has 3 aromatic rings. The first-order valence-electron chi connectivity index (χ1n) is 5.72. The van der Waals surface area contributed by atoms with Crippen molar-refractivity contribution in [3.63, 3.8) is 0 Å². The van der Waals surface area contributed by atoms with Crippen molar-refractivity contribution in [2.24, 2.45) is 0 Å². The Kier molecular flexibility index (Phi) is 3.39. The van der Waals surface area contributed by atoms with E-state index in [-0.39, 0.29) is 23.0 Å². The molecule has 0 aliphatic rings. The summed E-state index contributed by atoms with van der Waals surface area (Å²) in [5, 5.41) is 13.4. The van der Waals surface area contributed by atoms with Crippen LogP contribution < -0.4 is 0 Å². The minimum atomic E-state index is -0.412. The first-order chi connectivity index (χ1) is 9.65. The maximum Gasteiger partial charge on any atom is 0.258 e. The summed E-state index contributed by atoms with van der Waals surface area (Å²) in [7, 11) is 0. The molecule has 0 aliphatic heterocycles. The third-order valence-corrected chi connectivity index (χ3v) is 3.65. The van der Waals surface area contributed by atoms with Crippen LogP contribution in [0.5, 0.6) is 5.75 Å². The molecular weight excluding hydrogens is 374 g/mol. The topological polar surface area (TPSA) is 59.2 Å². The Balaban J connectivity index is 2.02. The van der Waals surface area contributed by atoms with Crippen molar-refractivity contribution in [3.05, 3.63) is 51.9 Å². The van der Waals surface area contributed by atoms with E-state index in [1.165, 1.54) is 12.1 Å².